The molecule has 1 saturated heterocycles. The van der Waals surface area contributed by atoms with E-state index in [9.17, 15) is 53.7 Å². The molecule has 1 fully saturated rings. The van der Waals surface area contributed by atoms with Gasteiger partial charge in [-0.15, -0.1) is 0 Å². The predicted molar refractivity (Wildman–Crippen MR) is 305 cm³/mol. The van der Waals surface area contributed by atoms with Crippen molar-refractivity contribution < 1.29 is 76.5 Å². The number of nitrogens with zero attached hydrogens (tertiary/aromatic N) is 2. The normalized spacial score (nSPS) is 20.1. The number of carbonyl (C=O) groups is 2. The van der Waals surface area contributed by atoms with Crippen LogP contribution in [0.3, 0.4) is 0 Å². The number of nitrogens with two attached hydrogens (primary N) is 1. The molecule has 22 heteroatoms. The molecule has 0 spiro atoms. The molecule has 0 bridgehead atoms. The molecule has 2 heterocycles. The van der Waals surface area contributed by atoms with E-state index in [1.54, 1.807) is 48.6 Å². The number of carbonyl (C=O) groups excluding carboxylic acids is 2. The number of esters is 2. The molecule has 0 aromatic carbocycles. The van der Waals surface area contributed by atoms with E-state index in [0.29, 0.717) is 25.7 Å². The van der Waals surface area contributed by atoms with Crippen molar-refractivity contribution in [3.05, 3.63) is 132 Å². The Morgan fingerprint density at radius 2 is 1.23 bits per heavy atom. The Labute approximate surface area is 467 Å². The highest BCUT2D eigenvalue weighted by molar-refractivity contribution is 7.61. The maximum absolute atomic E-state index is 12.9. The summed E-state index contributed by atoms with van der Waals surface area (Å²) >= 11 is 0. The van der Waals surface area contributed by atoms with Crippen LogP contribution in [0, 0.1) is 0 Å². The summed E-state index contributed by atoms with van der Waals surface area (Å²) in [5, 5.41) is 41.0. The molecule has 20 nitrogen and oxygen atoms in total. The lowest BCUT2D eigenvalue weighted by Crippen LogP contribution is -2.36. The van der Waals surface area contributed by atoms with Crippen molar-refractivity contribution in [1.29, 1.82) is 0 Å². The number of anilines is 1. The van der Waals surface area contributed by atoms with E-state index in [1.165, 1.54) is 31.7 Å². The fourth-order valence-corrected chi connectivity index (χ4v) is 9.57. The first-order valence-electron chi connectivity index (χ1n) is 27.6. The first-order valence-corrected chi connectivity index (χ1v) is 30.6. The van der Waals surface area contributed by atoms with Gasteiger partial charge in [-0.05, 0) is 83.1 Å². The van der Waals surface area contributed by atoms with E-state index in [2.05, 4.69) is 52.7 Å². The number of phosphoric ester groups is 2. The number of aliphatic hydroxyl groups is 4. The quantitative estimate of drug-likeness (QED) is 0.0105. The van der Waals surface area contributed by atoms with Crippen molar-refractivity contribution >= 4 is 33.4 Å². The van der Waals surface area contributed by atoms with Crippen LogP contribution >= 0.6 is 15.6 Å². The molecule has 9 atom stereocenters. The van der Waals surface area contributed by atoms with Crippen LogP contribution in [-0.4, -0.2) is 108 Å². The third kappa shape index (κ3) is 35.6. The van der Waals surface area contributed by atoms with Gasteiger partial charge in [0.2, 0.25) is 0 Å². The van der Waals surface area contributed by atoms with E-state index < -0.39 is 95.9 Å². The SMILES string of the molecule is CC/C=C\C[C@H](O)/C=C/C=C\C=C\[C@H](O)C/C=C\C/C=C\CCC(=O)O[C@H](COC(=O)CCCCCCCC/C=C\C/C=C\C/C=C\CCCCCC)COP(=O)(O)OP(=O)(O)OC[C@H]1O[C@@H](n2ccc(N)nc2=O)[C@H](O)[C@@H]1O. The van der Waals surface area contributed by atoms with Gasteiger partial charge in [0.1, 0.15) is 30.7 Å². The maximum atomic E-state index is 12.9. The van der Waals surface area contributed by atoms with E-state index in [-0.39, 0.29) is 25.1 Å². The molecule has 0 aliphatic carbocycles. The van der Waals surface area contributed by atoms with E-state index in [1.807, 2.05) is 31.2 Å². The van der Waals surface area contributed by atoms with Crippen molar-refractivity contribution in [2.45, 2.75) is 192 Å². The van der Waals surface area contributed by atoms with Gasteiger partial charge >= 0.3 is 33.3 Å². The summed E-state index contributed by atoms with van der Waals surface area (Å²) in [6, 6.07) is 1.23. The van der Waals surface area contributed by atoms with E-state index in [0.717, 1.165) is 75.0 Å². The number of nitrogen functional groups attached to an aromatic ring is 1. The van der Waals surface area contributed by atoms with Gasteiger partial charge in [0.15, 0.2) is 12.3 Å². The highest BCUT2D eigenvalue weighted by atomic mass is 31.3. The largest absolute Gasteiger partial charge is 0.481 e. The number of ether oxygens (including phenoxy) is 3. The average molecular weight is 1150 g/mol. The monoisotopic (exact) mass is 1150 g/mol. The highest BCUT2D eigenvalue weighted by Crippen LogP contribution is 2.60. The molecular formula is C57H89N3O17P2. The standard InChI is InChI=1S/C57H89N3O17P2/c1-3-5-7-8-9-10-11-12-13-14-15-16-17-18-19-20-21-22-26-34-40-52(63)72-44-49(75-53(64)41-35-27-24-23-25-31-37-48(62)39-33-29-28-32-38-47(61)36-30-6-4-2)45-73-78(68,69)77-79(70,71)74-46-50-54(65)55(66)56(76-50)60-43-42-51(58)59-57(60)67/h6,10-11,13-14,16-17,24-25,27-33,38-39,42-43,47-50,54-56,61-62,65-66H,3-5,7-9,12,15,18-23,26,34-37,40-41,44-46H2,1-2H3,(H,68,69)(H,70,71)(H2,58,59,67)/b11-10-,14-13-,17-16-,27-24-,29-28-,30-6-,31-25-,38-32+,39-33+/t47-,48+,49+,50+,54+,55+,56+/m0/s1. The minimum absolute atomic E-state index is 0.0677. The van der Waals surface area contributed by atoms with Crippen LogP contribution in [0.1, 0.15) is 155 Å². The topological polar surface area (TPSA) is 306 Å². The molecule has 0 amide bonds. The minimum Gasteiger partial charge on any atom is -0.462 e. The second kappa shape index (κ2) is 43.1. The number of hydrogen-bond donors (Lipinski definition) is 7. The van der Waals surface area contributed by atoms with Crippen LogP contribution in [0.4, 0.5) is 5.82 Å². The molecule has 1 aliphatic rings. The molecule has 0 radical (unpaired) electrons. The summed E-state index contributed by atoms with van der Waals surface area (Å²) in [7, 11) is -11.0. The summed E-state index contributed by atoms with van der Waals surface area (Å²) in [5.41, 5.74) is 4.57. The average Bonchev–Trinajstić information content (AvgIpc) is 3.74. The van der Waals surface area contributed by atoms with Gasteiger partial charge in [-0.25, -0.2) is 13.9 Å². The van der Waals surface area contributed by atoms with Crippen LogP contribution < -0.4 is 11.4 Å². The molecule has 0 saturated carbocycles. The van der Waals surface area contributed by atoms with Gasteiger partial charge in [0, 0.05) is 19.0 Å². The number of rotatable bonds is 44. The van der Waals surface area contributed by atoms with Gasteiger partial charge in [-0.1, -0.05) is 168 Å². The zero-order valence-corrected chi connectivity index (χ0v) is 47.9. The van der Waals surface area contributed by atoms with Crippen LogP contribution in [0.2, 0.25) is 0 Å². The summed E-state index contributed by atoms with van der Waals surface area (Å²) in [6.07, 6.45) is 43.7. The van der Waals surface area contributed by atoms with E-state index in [4.69, 9.17) is 29.0 Å². The first kappa shape index (κ1) is 70.4. The van der Waals surface area contributed by atoms with Gasteiger partial charge in [-0.3, -0.25) is 23.2 Å². The number of phosphoric acid groups is 2. The smallest absolute Gasteiger partial charge is 0.462 e. The van der Waals surface area contributed by atoms with Gasteiger partial charge in [-0.2, -0.15) is 9.29 Å². The number of aliphatic hydroxyl groups excluding tert-OH is 4. The highest BCUT2D eigenvalue weighted by Gasteiger charge is 2.46. The molecule has 1 aromatic rings. The molecule has 444 valence electrons. The molecule has 1 aromatic heterocycles. The number of unbranched alkanes of at least 4 members (excludes halogenated alkanes) is 10. The van der Waals surface area contributed by atoms with Gasteiger partial charge < -0.3 is 50.2 Å². The Bertz CT molecular complexity index is 2290. The second-order valence-corrected chi connectivity index (χ2v) is 21.8. The number of allylic oxidation sites excluding steroid dienone is 14. The Balaban J connectivity index is 1.84. The Hall–Kier alpha value is -4.66. The predicted octanol–water partition coefficient (Wildman–Crippen LogP) is 10.1. The molecule has 79 heavy (non-hydrogen) atoms. The molecular weight excluding hydrogens is 1060 g/mol. The van der Waals surface area contributed by atoms with Gasteiger partial charge in [0.05, 0.1) is 25.4 Å². The lowest BCUT2D eigenvalue weighted by atomic mass is 10.1. The Morgan fingerprint density at radius 1 is 0.684 bits per heavy atom. The molecule has 2 rings (SSSR count). The molecule has 8 N–H and O–H groups in total. The summed E-state index contributed by atoms with van der Waals surface area (Å²) in [6.45, 7) is 1.77. The van der Waals surface area contributed by atoms with Crippen molar-refractivity contribution in [1.82, 2.24) is 9.55 Å². The number of aromatic nitrogens is 2. The summed E-state index contributed by atoms with van der Waals surface area (Å²) < 4.78 is 56.7. The zero-order valence-electron chi connectivity index (χ0n) is 46.1. The fourth-order valence-electron chi connectivity index (χ4n) is 7.46. The minimum atomic E-state index is -5.48. The van der Waals surface area contributed by atoms with Crippen LogP contribution in [0.15, 0.2) is 126 Å². The Kier molecular flexibility index (Phi) is 38.5. The zero-order chi connectivity index (χ0) is 58.0. The van der Waals surface area contributed by atoms with Crippen molar-refractivity contribution in [2.75, 3.05) is 25.6 Å². The summed E-state index contributed by atoms with van der Waals surface area (Å²) in [4.78, 5) is 62.1. The summed E-state index contributed by atoms with van der Waals surface area (Å²) in [5.74, 6) is -1.50. The van der Waals surface area contributed by atoms with Crippen LogP contribution in [0.25, 0.3) is 0 Å². The maximum Gasteiger partial charge on any atom is 0.481 e. The number of hydrogen-bond acceptors (Lipinski definition) is 17. The van der Waals surface area contributed by atoms with Crippen molar-refractivity contribution in [3.8, 4) is 0 Å². The first-order chi connectivity index (χ1) is 38.0. The molecule has 1 aliphatic heterocycles. The van der Waals surface area contributed by atoms with Crippen LogP contribution in [-0.2, 0) is 46.3 Å². The van der Waals surface area contributed by atoms with Crippen molar-refractivity contribution in [3.63, 3.8) is 0 Å². The van der Waals surface area contributed by atoms with Crippen molar-refractivity contribution in [2.24, 2.45) is 0 Å². The van der Waals surface area contributed by atoms with Gasteiger partial charge in [0.25, 0.3) is 0 Å². The third-order valence-corrected chi connectivity index (χ3v) is 14.4. The fraction of sp³-hybridized carbons (Fsp3) is 0.579. The van der Waals surface area contributed by atoms with E-state index >= 15 is 0 Å². The lowest BCUT2D eigenvalue weighted by molar-refractivity contribution is -0.161. The second-order valence-electron chi connectivity index (χ2n) is 18.7. The lowest BCUT2D eigenvalue weighted by Gasteiger charge is -2.21. The molecule has 2 unspecified atom stereocenters. The third-order valence-electron chi connectivity index (χ3n) is 11.8. The Morgan fingerprint density at radius 3 is 1.84 bits per heavy atom. The van der Waals surface area contributed by atoms with Crippen LogP contribution in [0.5, 0.6) is 0 Å².